The van der Waals surface area contributed by atoms with E-state index >= 15 is 0 Å². The summed E-state index contributed by atoms with van der Waals surface area (Å²) in [7, 11) is -3.43. The molecule has 1 aromatic heterocycles. The van der Waals surface area contributed by atoms with Crippen molar-refractivity contribution in [1.29, 1.82) is 0 Å². The molecular formula is C22H28ClN3O3S2. The fourth-order valence-electron chi connectivity index (χ4n) is 4.30. The molecule has 9 heteroatoms. The van der Waals surface area contributed by atoms with E-state index in [0.717, 1.165) is 49.2 Å². The van der Waals surface area contributed by atoms with Crippen LogP contribution >= 0.6 is 22.9 Å². The van der Waals surface area contributed by atoms with E-state index in [1.54, 1.807) is 12.1 Å². The smallest absolute Gasteiger partial charge is 0.252 e. The van der Waals surface area contributed by atoms with Gasteiger partial charge in [-0.1, -0.05) is 23.7 Å². The van der Waals surface area contributed by atoms with E-state index in [9.17, 15) is 13.2 Å². The third-order valence-corrected chi connectivity index (χ3v) is 9.62. The summed E-state index contributed by atoms with van der Waals surface area (Å²) in [6.07, 6.45) is 4.32. The van der Waals surface area contributed by atoms with Gasteiger partial charge in [0.25, 0.3) is 10.0 Å². The van der Waals surface area contributed by atoms with Gasteiger partial charge in [-0.3, -0.25) is 9.69 Å². The minimum Gasteiger partial charge on any atom is -0.354 e. The third-order valence-electron chi connectivity index (χ3n) is 5.94. The van der Waals surface area contributed by atoms with Crippen LogP contribution in [0.5, 0.6) is 0 Å². The van der Waals surface area contributed by atoms with E-state index in [-0.39, 0.29) is 18.4 Å². The molecule has 1 unspecified atom stereocenters. The maximum atomic E-state index is 12.7. The van der Waals surface area contributed by atoms with E-state index in [2.05, 4.69) is 16.3 Å². The second-order valence-electron chi connectivity index (χ2n) is 8.13. The Morgan fingerprint density at radius 1 is 1.06 bits per heavy atom. The quantitative estimate of drug-likeness (QED) is 0.624. The lowest BCUT2D eigenvalue weighted by molar-refractivity contribution is -0.120. The Labute approximate surface area is 193 Å². The Kier molecular flexibility index (Phi) is 7.33. The molecule has 2 saturated heterocycles. The molecule has 0 spiro atoms. The minimum absolute atomic E-state index is 0.0830. The molecule has 2 fully saturated rings. The first-order chi connectivity index (χ1) is 14.9. The molecule has 0 aliphatic carbocycles. The highest BCUT2D eigenvalue weighted by atomic mass is 35.5. The van der Waals surface area contributed by atoms with Crippen molar-refractivity contribution in [1.82, 2.24) is 14.5 Å². The van der Waals surface area contributed by atoms with Crippen LogP contribution in [0.3, 0.4) is 0 Å². The highest BCUT2D eigenvalue weighted by molar-refractivity contribution is 7.91. The summed E-state index contributed by atoms with van der Waals surface area (Å²) in [6, 6.07) is 11.3. The summed E-state index contributed by atoms with van der Waals surface area (Å²) < 4.78 is 27.3. The number of carbonyl (C=O) groups is 1. The topological polar surface area (TPSA) is 69.7 Å². The highest BCUT2D eigenvalue weighted by Crippen LogP contribution is 2.28. The highest BCUT2D eigenvalue weighted by Gasteiger charge is 2.29. The van der Waals surface area contributed by atoms with Crippen molar-refractivity contribution in [2.24, 2.45) is 0 Å². The average Bonchev–Trinajstić information content (AvgIpc) is 3.51. The molecule has 1 atom stereocenters. The number of nitrogens with zero attached hydrogens (tertiary/aromatic N) is 2. The molecule has 2 aliphatic heterocycles. The van der Waals surface area contributed by atoms with Gasteiger partial charge in [0.2, 0.25) is 5.91 Å². The number of hydrogen-bond donors (Lipinski definition) is 1. The summed E-state index contributed by atoms with van der Waals surface area (Å²) in [5.41, 5.74) is 1.10. The van der Waals surface area contributed by atoms with E-state index in [1.165, 1.54) is 15.6 Å². The number of sulfonamides is 1. The maximum Gasteiger partial charge on any atom is 0.252 e. The number of amides is 1. The summed E-state index contributed by atoms with van der Waals surface area (Å²) in [6.45, 7) is 3.68. The average molecular weight is 482 g/mol. The summed E-state index contributed by atoms with van der Waals surface area (Å²) >= 11 is 7.39. The van der Waals surface area contributed by atoms with Crippen molar-refractivity contribution in [2.45, 2.75) is 42.4 Å². The van der Waals surface area contributed by atoms with Crippen LogP contribution in [0.1, 0.15) is 42.2 Å². The first-order valence-electron chi connectivity index (χ1n) is 10.8. The zero-order valence-electron chi connectivity index (χ0n) is 17.4. The first kappa shape index (κ1) is 22.7. The van der Waals surface area contributed by atoms with E-state index in [0.29, 0.717) is 28.9 Å². The minimum atomic E-state index is -3.43. The number of likely N-dealkylation sites (tertiary alicyclic amines) is 1. The fourth-order valence-corrected chi connectivity index (χ4v) is 7.53. The molecule has 3 heterocycles. The number of carbonyl (C=O) groups excluding carboxylic acids is 1. The second kappa shape index (κ2) is 10.0. The van der Waals surface area contributed by atoms with Gasteiger partial charge < -0.3 is 5.32 Å². The summed E-state index contributed by atoms with van der Waals surface area (Å²) in [5.74, 6) is -0.0989. The number of hydrogen-bond acceptors (Lipinski definition) is 5. The Balaban J connectivity index is 1.38. The zero-order chi connectivity index (χ0) is 21.8. The lowest BCUT2D eigenvalue weighted by Gasteiger charge is -2.28. The zero-order valence-corrected chi connectivity index (χ0v) is 19.8. The standard InChI is InChI=1S/C22H28ClN3O3S2/c23-18-7-5-6-17(14-18)20(25-10-1-2-11-25)16-24-21(27)15-19-8-9-22(30-19)31(28,29)26-12-3-4-13-26/h5-9,14,20H,1-4,10-13,15-16H2,(H,24,27). The molecule has 6 nitrogen and oxygen atoms in total. The predicted molar refractivity (Wildman–Crippen MR) is 124 cm³/mol. The summed E-state index contributed by atoms with van der Waals surface area (Å²) in [4.78, 5) is 15.8. The monoisotopic (exact) mass is 481 g/mol. The largest absolute Gasteiger partial charge is 0.354 e. The fraction of sp³-hybridized carbons (Fsp3) is 0.500. The van der Waals surface area contributed by atoms with Crippen molar-refractivity contribution in [2.75, 3.05) is 32.7 Å². The molecule has 1 amide bonds. The number of nitrogens with one attached hydrogen (secondary N) is 1. The molecule has 2 aliphatic rings. The van der Waals surface area contributed by atoms with Crippen LogP contribution in [0.4, 0.5) is 0 Å². The van der Waals surface area contributed by atoms with Gasteiger partial charge >= 0.3 is 0 Å². The number of thiophene rings is 1. The molecule has 0 saturated carbocycles. The van der Waals surface area contributed by atoms with Crippen molar-refractivity contribution in [3.63, 3.8) is 0 Å². The van der Waals surface area contributed by atoms with Gasteiger partial charge in [0.1, 0.15) is 4.21 Å². The number of benzene rings is 1. The molecule has 4 rings (SSSR count). The third kappa shape index (κ3) is 5.49. The SMILES string of the molecule is O=C(Cc1ccc(S(=O)(=O)N2CCCC2)s1)NCC(c1cccc(Cl)c1)N1CCCC1. The molecule has 1 aromatic carbocycles. The summed E-state index contributed by atoms with van der Waals surface area (Å²) in [5, 5.41) is 3.75. The van der Waals surface area contributed by atoms with Gasteiger partial charge in [-0.25, -0.2) is 8.42 Å². The van der Waals surface area contributed by atoms with Crippen LogP contribution in [-0.4, -0.2) is 56.3 Å². The Morgan fingerprint density at radius 2 is 1.77 bits per heavy atom. The molecule has 2 aromatic rings. The Bertz CT molecular complexity index is 1010. The van der Waals surface area contributed by atoms with Gasteiger partial charge in [0.15, 0.2) is 0 Å². The number of rotatable bonds is 8. The van der Waals surface area contributed by atoms with E-state index in [4.69, 9.17) is 11.6 Å². The Hall–Kier alpha value is -1.45. The molecule has 168 valence electrons. The van der Waals surface area contributed by atoms with Gasteiger partial charge in [0.05, 0.1) is 12.5 Å². The molecule has 1 N–H and O–H groups in total. The van der Waals surface area contributed by atoms with Crippen molar-refractivity contribution in [3.8, 4) is 0 Å². The predicted octanol–water partition coefficient (Wildman–Crippen LogP) is 3.68. The molecule has 0 radical (unpaired) electrons. The van der Waals surface area contributed by atoms with Crippen LogP contribution in [0.15, 0.2) is 40.6 Å². The van der Waals surface area contributed by atoms with Crippen LogP contribution in [-0.2, 0) is 21.2 Å². The van der Waals surface area contributed by atoms with Crippen LogP contribution < -0.4 is 5.32 Å². The van der Waals surface area contributed by atoms with Crippen LogP contribution in [0, 0.1) is 0 Å². The van der Waals surface area contributed by atoms with Gasteiger partial charge in [-0.15, -0.1) is 11.3 Å². The lowest BCUT2D eigenvalue weighted by Crippen LogP contribution is -2.37. The van der Waals surface area contributed by atoms with Crippen molar-refractivity contribution >= 4 is 38.9 Å². The lowest BCUT2D eigenvalue weighted by atomic mass is 10.1. The van der Waals surface area contributed by atoms with Gasteiger partial charge in [-0.2, -0.15) is 4.31 Å². The molecular weight excluding hydrogens is 454 g/mol. The van der Waals surface area contributed by atoms with Gasteiger partial charge in [0, 0.05) is 29.5 Å². The van der Waals surface area contributed by atoms with Crippen LogP contribution in [0.25, 0.3) is 0 Å². The second-order valence-corrected chi connectivity index (χ2v) is 11.9. The molecule has 0 bridgehead atoms. The van der Waals surface area contributed by atoms with Crippen LogP contribution in [0.2, 0.25) is 5.02 Å². The van der Waals surface area contributed by atoms with Crippen molar-refractivity contribution < 1.29 is 13.2 Å². The van der Waals surface area contributed by atoms with E-state index in [1.807, 2.05) is 18.2 Å². The van der Waals surface area contributed by atoms with E-state index < -0.39 is 10.0 Å². The first-order valence-corrected chi connectivity index (χ1v) is 13.4. The van der Waals surface area contributed by atoms with Gasteiger partial charge in [-0.05, 0) is 68.6 Å². The maximum absolute atomic E-state index is 12.7. The van der Waals surface area contributed by atoms with Crippen molar-refractivity contribution in [3.05, 3.63) is 51.9 Å². The molecule has 31 heavy (non-hydrogen) atoms. The Morgan fingerprint density at radius 3 is 2.48 bits per heavy atom. The normalized spacial score (nSPS) is 19.0. The number of halogens is 1.